The van der Waals surface area contributed by atoms with E-state index in [1.165, 1.54) is 0 Å². The van der Waals surface area contributed by atoms with E-state index < -0.39 is 20.7 Å². The van der Waals surface area contributed by atoms with Gasteiger partial charge in [-0.05, 0) is 26.7 Å². The number of sulfone groups is 1. The van der Waals surface area contributed by atoms with Gasteiger partial charge < -0.3 is 9.47 Å². The molecule has 0 aromatic carbocycles. The molecule has 2 unspecified atom stereocenters. The van der Waals surface area contributed by atoms with Gasteiger partial charge >= 0.3 is 0 Å². The molecule has 0 radical (unpaired) electrons. The molecule has 0 aromatic rings. The highest BCUT2D eigenvalue weighted by Gasteiger charge is 2.28. The van der Waals surface area contributed by atoms with E-state index >= 15 is 0 Å². The minimum Gasteiger partial charge on any atom is -0.363 e. The van der Waals surface area contributed by atoms with Crippen LogP contribution in [0.5, 0.6) is 0 Å². The molecule has 0 aromatic heterocycles. The fourth-order valence-corrected chi connectivity index (χ4v) is 2.14. The van der Waals surface area contributed by atoms with Crippen LogP contribution in [0.15, 0.2) is 0 Å². The summed E-state index contributed by atoms with van der Waals surface area (Å²) in [7, 11) is -3.33. The molecule has 0 spiro atoms. The predicted molar refractivity (Wildman–Crippen MR) is 60.3 cm³/mol. The Labute approximate surface area is 92.9 Å². The summed E-state index contributed by atoms with van der Waals surface area (Å²) < 4.78 is 34.0. The first-order valence-corrected chi connectivity index (χ1v) is 7.03. The van der Waals surface area contributed by atoms with Crippen molar-refractivity contribution in [2.45, 2.75) is 51.4 Å². The molecule has 5 heteroatoms. The van der Waals surface area contributed by atoms with Crippen LogP contribution < -0.4 is 0 Å². The van der Waals surface area contributed by atoms with Crippen LogP contribution in [0.3, 0.4) is 0 Å². The maximum atomic E-state index is 11.8. The molecule has 2 atom stereocenters. The Morgan fingerprint density at radius 1 is 0.933 bits per heavy atom. The second-order valence-electron chi connectivity index (χ2n) is 3.47. The second kappa shape index (κ2) is 7.19. The molecule has 0 N–H and O–H groups in total. The van der Waals surface area contributed by atoms with Gasteiger partial charge in [0.2, 0.25) is 9.84 Å². The van der Waals surface area contributed by atoms with E-state index in [1.807, 2.05) is 13.8 Å². The van der Waals surface area contributed by atoms with Gasteiger partial charge in [0.15, 0.2) is 10.9 Å². The molecule has 15 heavy (non-hydrogen) atoms. The average Bonchev–Trinajstić information content (AvgIpc) is 2.21. The van der Waals surface area contributed by atoms with E-state index in [2.05, 4.69) is 0 Å². The standard InChI is InChI=1S/C10H22O4S/c1-5-7-13-9(3)15(11,12)10(4)14-8-6-2/h9-10H,5-8H2,1-4H3. The van der Waals surface area contributed by atoms with Crippen LogP contribution in [-0.4, -0.2) is 32.5 Å². The number of rotatable bonds is 8. The van der Waals surface area contributed by atoms with Crippen molar-refractivity contribution in [3.63, 3.8) is 0 Å². The lowest BCUT2D eigenvalue weighted by Gasteiger charge is -2.19. The van der Waals surface area contributed by atoms with Gasteiger partial charge in [0.05, 0.1) is 0 Å². The Bertz CT molecular complexity index is 228. The quantitative estimate of drug-likeness (QED) is 0.648. The van der Waals surface area contributed by atoms with Gasteiger partial charge in [-0.3, -0.25) is 0 Å². The molecular formula is C10H22O4S. The third kappa shape index (κ3) is 4.95. The average molecular weight is 238 g/mol. The van der Waals surface area contributed by atoms with E-state index in [0.29, 0.717) is 13.2 Å². The van der Waals surface area contributed by atoms with Crippen LogP contribution in [0.1, 0.15) is 40.5 Å². The highest BCUT2D eigenvalue weighted by molar-refractivity contribution is 7.92. The van der Waals surface area contributed by atoms with Crippen LogP contribution in [0.4, 0.5) is 0 Å². The van der Waals surface area contributed by atoms with Crippen molar-refractivity contribution >= 4 is 9.84 Å². The Hall–Kier alpha value is -0.130. The fraction of sp³-hybridized carbons (Fsp3) is 1.00. The van der Waals surface area contributed by atoms with E-state index in [9.17, 15) is 8.42 Å². The van der Waals surface area contributed by atoms with Gasteiger partial charge in [0.1, 0.15) is 0 Å². The normalized spacial score (nSPS) is 16.3. The Kier molecular flexibility index (Phi) is 7.13. The van der Waals surface area contributed by atoms with Crippen LogP contribution in [-0.2, 0) is 19.3 Å². The molecule has 0 saturated carbocycles. The smallest absolute Gasteiger partial charge is 0.203 e. The van der Waals surface area contributed by atoms with E-state index in [4.69, 9.17) is 9.47 Å². The van der Waals surface area contributed by atoms with Gasteiger partial charge in [-0.2, -0.15) is 0 Å². The van der Waals surface area contributed by atoms with Gasteiger partial charge in [-0.25, -0.2) is 8.42 Å². The maximum Gasteiger partial charge on any atom is 0.203 e. The molecule has 0 aliphatic heterocycles. The molecule has 0 aliphatic rings. The summed E-state index contributed by atoms with van der Waals surface area (Å²) in [6.07, 6.45) is 1.62. The molecule has 0 aliphatic carbocycles. The highest BCUT2D eigenvalue weighted by atomic mass is 32.2. The minimum absolute atomic E-state index is 0.459. The van der Waals surface area contributed by atoms with Crippen LogP contribution in [0.2, 0.25) is 0 Å². The summed E-state index contributed by atoms with van der Waals surface area (Å²) in [6.45, 7) is 7.90. The fourth-order valence-electron chi connectivity index (χ4n) is 1.03. The van der Waals surface area contributed by atoms with Crippen molar-refractivity contribution in [3.8, 4) is 0 Å². The Morgan fingerprint density at radius 3 is 1.53 bits per heavy atom. The molecule has 0 bridgehead atoms. The molecular weight excluding hydrogens is 216 g/mol. The summed E-state index contributed by atoms with van der Waals surface area (Å²) in [5.74, 6) is 0. The summed E-state index contributed by atoms with van der Waals surface area (Å²) in [6, 6.07) is 0. The molecule has 92 valence electrons. The van der Waals surface area contributed by atoms with E-state index in [0.717, 1.165) is 12.8 Å². The number of hydrogen-bond acceptors (Lipinski definition) is 4. The maximum absolute atomic E-state index is 11.8. The summed E-state index contributed by atoms with van der Waals surface area (Å²) in [5, 5.41) is 0. The SMILES string of the molecule is CCCOC(C)S(=O)(=O)C(C)OCCC. The summed E-state index contributed by atoms with van der Waals surface area (Å²) in [5.41, 5.74) is -1.58. The van der Waals surface area contributed by atoms with Crippen molar-refractivity contribution in [1.82, 2.24) is 0 Å². The first-order valence-electron chi connectivity index (χ1n) is 5.42. The summed E-state index contributed by atoms with van der Waals surface area (Å²) >= 11 is 0. The van der Waals surface area contributed by atoms with E-state index in [-0.39, 0.29) is 0 Å². The zero-order valence-electron chi connectivity index (χ0n) is 10.0. The molecule has 0 fully saturated rings. The van der Waals surface area contributed by atoms with Gasteiger partial charge in [0.25, 0.3) is 0 Å². The summed E-state index contributed by atoms with van der Waals surface area (Å²) in [4.78, 5) is 0. The first-order chi connectivity index (χ1) is 6.96. The van der Waals surface area contributed by atoms with Gasteiger partial charge in [-0.1, -0.05) is 13.8 Å². The number of hydrogen-bond donors (Lipinski definition) is 0. The largest absolute Gasteiger partial charge is 0.363 e. The van der Waals surface area contributed by atoms with Crippen molar-refractivity contribution < 1.29 is 17.9 Å². The number of ether oxygens (including phenoxy) is 2. The topological polar surface area (TPSA) is 52.6 Å². The van der Waals surface area contributed by atoms with Crippen molar-refractivity contribution in [2.24, 2.45) is 0 Å². The van der Waals surface area contributed by atoms with Crippen molar-refractivity contribution in [1.29, 1.82) is 0 Å². The molecule has 0 heterocycles. The zero-order valence-corrected chi connectivity index (χ0v) is 10.8. The molecule has 4 nitrogen and oxygen atoms in total. The Morgan fingerprint density at radius 2 is 1.27 bits per heavy atom. The van der Waals surface area contributed by atoms with Crippen molar-refractivity contribution in [2.75, 3.05) is 13.2 Å². The lowest BCUT2D eigenvalue weighted by Crippen LogP contribution is -2.32. The van der Waals surface area contributed by atoms with Crippen LogP contribution >= 0.6 is 0 Å². The molecule has 0 amide bonds. The van der Waals surface area contributed by atoms with Gasteiger partial charge in [0, 0.05) is 13.2 Å². The van der Waals surface area contributed by atoms with Crippen LogP contribution in [0.25, 0.3) is 0 Å². The zero-order chi connectivity index (χ0) is 11.9. The molecule has 0 saturated heterocycles. The van der Waals surface area contributed by atoms with E-state index in [1.54, 1.807) is 13.8 Å². The minimum atomic E-state index is -3.33. The third-order valence-electron chi connectivity index (χ3n) is 2.04. The van der Waals surface area contributed by atoms with Crippen molar-refractivity contribution in [3.05, 3.63) is 0 Å². The first kappa shape index (κ1) is 14.9. The Balaban J connectivity index is 4.25. The second-order valence-corrected chi connectivity index (χ2v) is 5.97. The van der Waals surface area contributed by atoms with Crippen LogP contribution in [0, 0.1) is 0 Å². The lowest BCUT2D eigenvalue weighted by molar-refractivity contribution is 0.0917. The monoisotopic (exact) mass is 238 g/mol. The lowest BCUT2D eigenvalue weighted by atomic mass is 10.5. The highest BCUT2D eigenvalue weighted by Crippen LogP contribution is 2.12. The molecule has 0 rings (SSSR count). The predicted octanol–water partition coefficient (Wildman–Crippen LogP) is 1.95. The third-order valence-corrected chi connectivity index (χ3v) is 4.16. The van der Waals surface area contributed by atoms with Gasteiger partial charge in [-0.15, -0.1) is 0 Å².